The Hall–Kier alpha value is -1.27. The molecule has 1 aliphatic rings. The molecule has 21 heavy (non-hydrogen) atoms. The largest absolute Gasteiger partial charge is 0.490 e. The van der Waals surface area contributed by atoms with Gasteiger partial charge in [-0.1, -0.05) is 6.92 Å². The van der Waals surface area contributed by atoms with Crippen LogP contribution in [0.4, 0.5) is 0 Å². The van der Waals surface area contributed by atoms with Crippen LogP contribution in [0.15, 0.2) is 16.6 Å². The third-order valence-electron chi connectivity index (χ3n) is 3.05. The summed E-state index contributed by atoms with van der Waals surface area (Å²) in [5.41, 5.74) is 1.05. The Balaban J connectivity index is 1.90. The lowest BCUT2D eigenvalue weighted by molar-refractivity contribution is -0.120. The summed E-state index contributed by atoms with van der Waals surface area (Å²) in [4.78, 5) is 11.5. The summed E-state index contributed by atoms with van der Waals surface area (Å²) >= 11 is 3.51. The molecule has 1 heterocycles. The van der Waals surface area contributed by atoms with Crippen molar-refractivity contribution < 1.29 is 14.3 Å². The van der Waals surface area contributed by atoms with Crippen molar-refractivity contribution in [2.45, 2.75) is 26.3 Å². The van der Waals surface area contributed by atoms with Crippen molar-refractivity contribution in [2.75, 3.05) is 26.3 Å². The molecule has 0 spiro atoms. The minimum atomic E-state index is 0.0188. The quantitative estimate of drug-likeness (QED) is 0.820. The van der Waals surface area contributed by atoms with Crippen LogP contribution in [0.5, 0.6) is 11.5 Å². The molecule has 1 aliphatic heterocycles. The summed E-state index contributed by atoms with van der Waals surface area (Å²) < 4.78 is 12.2. The molecule has 116 valence electrons. The molecule has 0 fully saturated rings. The summed E-state index contributed by atoms with van der Waals surface area (Å²) in [5, 5.41) is 5.96. The Morgan fingerprint density at radius 3 is 2.95 bits per heavy atom. The first-order valence-corrected chi connectivity index (χ1v) is 8.05. The fourth-order valence-electron chi connectivity index (χ4n) is 2.03. The van der Waals surface area contributed by atoms with Crippen molar-refractivity contribution in [1.29, 1.82) is 0 Å². The third kappa shape index (κ3) is 4.89. The van der Waals surface area contributed by atoms with Gasteiger partial charge in [-0.25, -0.2) is 0 Å². The zero-order chi connectivity index (χ0) is 15.1. The Bertz CT molecular complexity index is 494. The zero-order valence-corrected chi connectivity index (χ0v) is 13.8. The Morgan fingerprint density at radius 2 is 2.14 bits per heavy atom. The number of carbonyl (C=O) groups excluding carboxylic acids is 1. The first-order valence-electron chi connectivity index (χ1n) is 7.26. The maximum atomic E-state index is 11.5. The number of hydrogen-bond donors (Lipinski definition) is 2. The number of amides is 1. The second kappa shape index (κ2) is 8.24. The van der Waals surface area contributed by atoms with E-state index in [0.717, 1.165) is 40.9 Å². The van der Waals surface area contributed by atoms with Gasteiger partial charge in [0.05, 0.1) is 24.2 Å². The highest BCUT2D eigenvalue weighted by molar-refractivity contribution is 9.10. The van der Waals surface area contributed by atoms with E-state index in [4.69, 9.17) is 9.47 Å². The summed E-state index contributed by atoms with van der Waals surface area (Å²) in [7, 11) is 0. The molecule has 0 aliphatic carbocycles. The van der Waals surface area contributed by atoms with E-state index in [2.05, 4.69) is 26.6 Å². The van der Waals surface area contributed by atoms with E-state index in [0.29, 0.717) is 26.3 Å². The minimum absolute atomic E-state index is 0.0188. The predicted octanol–water partition coefficient (Wildman–Crippen LogP) is 2.23. The molecule has 1 aromatic rings. The van der Waals surface area contributed by atoms with E-state index in [9.17, 15) is 4.79 Å². The van der Waals surface area contributed by atoms with Gasteiger partial charge in [0.1, 0.15) is 0 Å². The molecule has 2 N–H and O–H groups in total. The van der Waals surface area contributed by atoms with Crippen molar-refractivity contribution in [1.82, 2.24) is 10.6 Å². The van der Waals surface area contributed by atoms with Crippen molar-refractivity contribution in [3.05, 3.63) is 22.2 Å². The van der Waals surface area contributed by atoms with Gasteiger partial charge in [0.25, 0.3) is 0 Å². The summed E-state index contributed by atoms with van der Waals surface area (Å²) in [5.74, 6) is 1.54. The molecule has 0 bridgehead atoms. The van der Waals surface area contributed by atoms with Crippen LogP contribution in [0.25, 0.3) is 0 Å². The third-order valence-corrected chi connectivity index (χ3v) is 3.64. The summed E-state index contributed by atoms with van der Waals surface area (Å²) in [6, 6.07) is 3.95. The monoisotopic (exact) mass is 356 g/mol. The van der Waals surface area contributed by atoms with Crippen LogP contribution in [0.1, 0.15) is 25.3 Å². The van der Waals surface area contributed by atoms with Crippen LogP contribution in [0, 0.1) is 0 Å². The number of nitrogens with one attached hydrogen (secondary N) is 2. The maximum Gasteiger partial charge on any atom is 0.233 e. The normalized spacial score (nSPS) is 13.6. The van der Waals surface area contributed by atoms with Gasteiger partial charge in [0, 0.05) is 19.5 Å². The number of halogens is 1. The summed E-state index contributed by atoms with van der Waals surface area (Å²) in [6.45, 7) is 5.00. The Morgan fingerprint density at radius 1 is 1.33 bits per heavy atom. The van der Waals surface area contributed by atoms with Gasteiger partial charge < -0.3 is 20.1 Å². The van der Waals surface area contributed by atoms with E-state index in [1.54, 1.807) is 0 Å². The molecule has 0 unspecified atom stereocenters. The fourth-order valence-corrected chi connectivity index (χ4v) is 2.64. The van der Waals surface area contributed by atoms with Gasteiger partial charge >= 0.3 is 0 Å². The molecule has 6 heteroatoms. The van der Waals surface area contributed by atoms with E-state index >= 15 is 0 Å². The van der Waals surface area contributed by atoms with Crippen molar-refractivity contribution in [3.63, 3.8) is 0 Å². The molecule has 0 aromatic heterocycles. The number of carbonyl (C=O) groups is 1. The number of benzene rings is 1. The highest BCUT2D eigenvalue weighted by Crippen LogP contribution is 2.38. The van der Waals surface area contributed by atoms with Gasteiger partial charge in [-0.05, 0) is 40.0 Å². The molecule has 0 saturated carbocycles. The van der Waals surface area contributed by atoms with Gasteiger partial charge in [-0.15, -0.1) is 0 Å². The molecule has 0 saturated heterocycles. The first-order chi connectivity index (χ1) is 10.2. The lowest BCUT2D eigenvalue weighted by Gasteiger charge is -2.12. The van der Waals surface area contributed by atoms with E-state index < -0.39 is 0 Å². The standard InChI is InChI=1S/C15H21BrN2O3/c1-2-4-18-14(19)10-17-9-11-7-12(16)15-13(8-11)20-5-3-6-21-15/h7-8,17H,2-6,9-10H2,1H3,(H,18,19). The van der Waals surface area contributed by atoms with Crippen LogP contribution < -0.4 is 20.1 Å². The average Bonchev–Trinajstić information content (AvgIpc) is 2.71. The van der Waals surface area contributed by atoms with Gasteiger partial charge in [0.15, 0.2) is 11.5 Å². The minimum Gasteiger partial charge on any atom is -0.490 e. The van der Waals surface area contributed by atoms with Gasteiger partial charge in [-0.2, -0.15) is 0 Å². The van der Waals surface area contributed by atoms with E-state index in [1.165, 1.54) is 0 Å². The molecule has 0 atom stereocenters. The number of hydrogen-bond acceptors (Lipinski definition) is 4. The smallest absolute Gasteiger partial charge is 0.233 e. The molecular formula is C15H21BrN2O3. The highest BCUT2D eigenvalue weighted by atomic mass is 79.9. The molecule has 5 nitrogen and oxygen atoms in total. The fraction of sp³-hybridized carbons (Fsp3) is 0.533. The van der Waals surface area contributed by atoms with E-state index in [-0.39, 0.29) is 5.91 Å². The molecule has 1 aromatic carbocycles. The number of rotatable bonds is 6. The lowest BCUT2D eigenvalue weighted by atomic mass is 10.2. The average molecular weight is 357 g/mol. The highest BCUT2D eigenvalue weighted by Gasteiger charge is 2.15. The van der Waals surface area contributed by atoms with Crippen LogP contribution >= 0.6 is 15.9 Å². The second-order valence-corrected chi connectivity index (χ2v) is 5.76. The van der Waals surface area contributed by atoms with Crippen molar-refractivity contribution in [2.24, 2.45) is 0 Å². The molecular weight excluding hydrogens is 336 g/mol. The number of fused-ring (bicyclic) bond motifs is 1. The first kappa shape index (κ1) is 16.1. The van der Waals surface area contributed by atoms with Crippen LogP contribution in [0.3, 0.4) is 0 Å². The maximum absolute atomic E-state index is 11.5. The van der Waals surface area contributed by atoms with Crippen molar-refractivity contribution >= 4 is 21.8 Å². The second-order valence-electron chi connectivity index (χ2n) is 4.91. The van der Waals surface area contributed by atoms with Crippen LogP contribution in [-0.2, 0) is 11.3 Å². The van der Waals surface area contributed by atoms with Crippen LogP contribution in [0.2, 0.25) is 0 Å². The molecule has 0 radical (unpaired) electrons. The lowest BCUT2D eigenvalue weighted by Crippen LogP contribution is -2.33. The van der Waals surface area contributed by atoms with Crippen LogP contribution in [-0.4, -0.2) is 32.2 Å². The predicted molar refractivity (Wildman–Crippen MR) is 84.8 cm³/mol. The van der Waals surface area contributed by atoms with Crippen molar-refractivity contribution in [3.8, 4) is 11.5 Å². The molecule has 2 rings (SSSR count). The topological polar surface area (TPSA) is 59.6 Å². The number of ether oxygens (including phenoxy) is 2. The van der Waals surface area contributed by atoms with Gasteiger partial charge in [-0.3, -0.25) is 4.79 Å². The Labute approximate surface area is 133 Å². The molecule has 1 amide bonds. The zero-order valence-electron chi connectivity index (χ0n) is 12.2. The summed E-state index contributed by atoms with van der Waals surface area (Å²) in [6.07, 6.45) is 1.83. The Kier molecular flexibility index (Phi) is 6.32. The van der Waals surface area contributed by atoms with Gasteiger partial charge in [0.2, 0.25) is 5.91 Å². The SMILES string of the molecule is CCCNC(=O)CNCc1cc(Br)c2c(c1)OCCCO2. The van der Waals surface area contributed by atoms with E-state index in [1.807, 2.05) is 19.1 Å².